The largest absolute Gasteiger partial charge is 0.484 e. The summed E-state index contributed by atoms with van der Waals surface area (Å²) < 4.78 is 11.2. The third-order valence-electron chi connectivity index (χ3n) is 4.35. The Morgan fingerprint density at radius 1 is 1.23 bits per heavy atom. The van der Waals surface area contributed by atoms with Crippen LogP contribution in [0.2, 0.25) is 5.02 Å². The Bertz CT molecular complexity index is 1080. The van der Waals surface area contributed by atoms with Crippen LogP contribution in [0, 0.1) is 25.2 Å². The van der Waals surface area contributed by atoms with Crippen molar-refractivity contribution in [2.75, 3.05) is 17.2 Å². The van der Waals surface area contributed by atoms with E-state index in [1.165, 1.54) is 0 Å². The molecule has 0 fully saturated rings. The highest BCUT2D eigenvalue weighted by Crippen LogP contribution is 2.25. The number of nitriles is 1. The van der Waals surface area contributed by atoms with Crippen LogP contribution in [-0.2, 0) is 11.4 Å². The molecule has 3 rings (SSSR count). The number of aryl methyl sites for hydroxylation is 2. The van der Waals surface area contributed by atoms with E-state index >= 15 is 0 Å². The summed E-state index contributed by atoms with van der Waals surface area (Å²) in [7, 11) is 0. The van der Waals surface area contributed by atoms with E-state index in [2.05, 4.69) is 16.3 Å². The second-order valence-electron chi connectivity index (χ2n) is 6.74. The van der Waals surface area contributed by atoms with E-state index in [1.807, 2.05) is 44.2 Å². The molecule has 0 bridgehead atoms. The first kappa shape index (κ1) is 22.7. The molecule has 0 unspecified atom stereocenters. The van der Waals surface area contributed by atoms with Gasteiger partial charge in [0.1, 0.15) is 5.75 Å². The van der Waals surface area contributed by atoms with Crippen LogP contribution in [0.25, 0.3) is 0 Å². The van der Waals surface area contributed by atoms with Gasteiger partial charge in [0, 0.05) is 17.3 Å². The topological polar surface area (TPSA) is 92.3 Å². The van der Waals surface area contributed by atoms with Crippen molar-refractivity contribution in [1.29, 1.82) is 5.26 Å². The highest BCUT2D eigenvalue weighted by atomic mass is 35.5. The summed E-state index contributed by atoms with van der Waals surface area (Å²) in [6.07, 6.45) is 0.221. The molecule has 7 nitrogen and oxygen atoms in total. The van der Waals surface area contributed by atoms with Crippen molar-refractivity contribution in [3.05, 3.63) is 64.5 Å². The van der Waals surface area contributed by atoms with E-state index in [1.54, 1.807) is 17.0 Å². The van der Waals surface area contributed by atoms with Crippen molar-refractivity contribution in [1.82, 2.24) is 10.2 Å². The van der Waals surface area contributed by atoms with Crippen LogP contribution < -0.4 is 9.64 Å². The molecule has 0 spiro atoms. The molecule has 2 aromatic carbocycles. The van der Waals surface area contributed by atoms with E-state index in [0.717, 1.165) is 22.9 Å². The fourth-order valence-electron chi connectivity index (χ4n) is 2.69. The number of halogens is 1. The summed E-state index contributed by atoms with van der Waals surface area (Å²) in [5.41, 5.74) is 2.70. The van der Waals surface area contributed by atoms with Crippen LogP contribution in [-0.4, -0.2) is 28.4 Å². The first-order valence-corrected chi connectivity index (χ1v) is 10.9. The molecule has 0 atom stereocenters. The second-order valence-corrected chi connectivity index (χ2v) is 8.07. The van der Waals surface area contributed by atoms with Crippen LogP contribution in [0.15, 0.2) is 52.1 Å². The smallest absolute Gasteiger partial charge is 0.277 e. The van der Waals surface area contributed by atoms with Crippen molar-refractivity contribution >= 4 is 35.0 Å². The molecule has 0 saturated heterocycles. The SMILES string of the molecule is Cc1ccc(OCc2nnc(SCC(=O)N(CCC#N)c3ccc(Cl)c(C)c3)o2)cc1. The zero-order valence-corrected chi connectivity index (χ0v) is 18.7. The Hall–Kier alpha value is -3.02. The van der Waals surface area contributed by atoms with Gasteiger partial charge in [-0.2, -0.15) is 5.26 Å². The second kappa shape index (κ2) is 10.8. The Balaban J connectivity index is 1.58. The van der Waals surface area contributed by atoms with Gasteiger partial charge in [0.2, 0.25) is 5.91 Å². The summed E-state index contributed by atoms with van der Waals surface area (Å²) in [6.45, 7) is 4.30. The number of ether oxygens (including phenoxy) is 1. The fourth-order valence-corrected chi connectivity index (χ4v) is 3.47. The van der Waals surface area contributed by atoms with E-state index in [9.17, 15) is 4.79 Å². The van der Waals surface area contributed by atoms with Gasteiger partial charge in [0.25, 0.3) is 11.1 Å². The van der Waals surface area contributed by atoms with Crippen LogP contribution in [0.1, 0.15) is 23.4 Å². The number of carbonyl (C=O) groups excluding carboxylic acids is 1. The van der Waals surface area contributed by atoms with Crippen LogP contribution in [0.3, 0.4) is 0 Å². The van der Waals surface area contributed by atoms with Gasteiger partial charge in [0.15, 0.2) is 6.61 Å². The zero-order chi connectivity index (χ0) is 22.2. The molecule has 0 radical (unpaired) electrons. The van der Waals surface area contributed by atoms with E-state index in [0.29, 0.717) is 22.4 Å². The molecular formula is C22H21ClN4O3S. The Kier molecular flexibility index (Phi) is 7.93. The number of hydrogen-bond acceptors (Lipinski definition) is 7. The number of carbonyl (C=O) groups is 1. The summed E-state index contributed by atoms with van der Waals surface area (Å²) >= 11 is 7.23. The molecule has 3 aromatic rings. The summed E-state index contributed by atoms with van der Waals surface area (Å²) in [6, 6.07) is 15.1. The Morgan fingerprint density at radius 3 is 2.71 bits per heavy atom. The molecule has 31 heavy (non-hydrogen) atoms. The van der Waals surface area contributed by atoms with E-state index < -0.39 is 0 Å². The van der Waals surface area contributed by atoms with Crippen LogP contribution >= 0.6 is 23.4 Å². The minimum Gasteiger partial charge on any atom is -0.484 e. The average Bonchev–Trinajstić information content (AvgIpc) is 3.22. The quantitative estimate of drug-likeness (QED) is 0.420. The van der Waals surface area contributed by atoms with Crippen molar-refractivity contribution in [3.63, 3.8) is 0 Å². The maximum atomic E-state index is 12.8. The highest BCUT2D eigenvalue weighted by Gasteiger charge is 2.18. The minimum absolute atomic E-state index is 0.0908. The number of amides is 1. The number of anilines is 1. The van der Waals surface area contributed by atoms with Crippen molar-refractivity contribution in [2.45, 2.75) is 32.1 Å². The molecule has 160 valence electrons. The standard InChI is InChI=1S/C22H21ClN4O3S/c1-15-4-7-18(8-5-15)29-13-20-25-26-22(30-20)31-14-21(28)27(11-3-10-24)17-6-9-19(23)16(2)12-17/h4-9,12H,3,11,13-14H2,1-2H3. The lowest BCUT2D eigenvalue weighted by Gasteiger charge is -2.22. The molecule has 1 heterocycles. The van der Waals surface area contributed by atoms with Gasteiger partial charge in [-0.15, -0.1) is 10.2 Å². The molecule has 0 aliphatic rings. The van der Waals surface area contributed by atoms with Crippen molar-refractivity contribution in [2.24, 2.45) is 0 Å². The predicted octanol–water partition coefficient (Wildman–Crippen LogP) is 4.96. The summed E-state index contributed by atoms with van der Waals surface area (Å²) in [4.78, 5) is 14.4. The number of nitrogens with zero attached hydrogens (tertiary/aromatic N) is 4. The number of thioether (sulfide) groups is 1. The van der Waals surface area contributed by atoms with E-state index in [4.69, 9.17) is 26.0 Å². The zero-order valence-electron chi connectivity index (χ0n) is 17.2. The van der Waals surface area contributed by atoms with Gasteiger partial charge in [-0.1, -0.05) is 41.1 Å². The molecule has 9 heteroatoms. The fraction of sp³-hybridized carbons (Fsp3) is 0.273. The number of benzene rings is 2. The van der Waals surface area contributed by atoms with E-state index in [-0.39, 0.29) is 36.5 Å². The number of rotatable bonds is 9. The van der Waals surface area contributed by atoms with Crippen molar-refractivity contribution < 1.29 is 13.9 Å². The lowest BCUT2D eigenvalue weighted by Crippen LogP contribution is -2.33. The monoisotopic (exact) mass is 456 g/mol. The summed E-state index contributed by atoms with van der Waals surface area (Å²) in [5, 5.41) is 17.8. The first-order valence-electron chi connectivity index (χ1n) is 9.54. The third kappa shape index (κ3) is 6.48. The Morgan fingerprint density at radius 2 is 2.00 bits per heavy atom. The Labute approximate surface area is 190 Å². The van der Waals surface area contributed by atoms with Crippen LogP contribution in [0.5, 0.6) is 5.75 Å². The minimum atomic E-state index is -0.169. The first-order chi connectivity index (χ1) is 15.0. The normalized spacial score (nSPS) is 10.5. The highest BCUT2D eigenvalue weighted by molar-refractivity contribution is 7.99. The number of hydrogen-bond donors (Lipinski definition) is 0. The molecule has 0 aliphatic carbocycles. The number of aromatic nitrogens is 2. The van der Waals surface area contributed by atoms with Crippen molar-refractivity contribution in [3.8, 4) is 11.8 Å². The van der Waals surface area contributed by atoms with Gasteiger partial charge in [-0.25, -0.2) is 0 Å². The maximum absolute atomic E-state index is 12.8. The molecule has 0 saturated carbocycles. The average molecular weight is 457 g/mol. The van der Waals surface area contributed by atoms with Gasteiger partial charge in [-0.3, -0.25) is 4.79 Å². The molecule has 0 aliphatic heterocycles. The lowest BCUT2D eigenvalue weighted by molar-refractivity contribution is -0.116. The maximum Gasteiger partial charge on any atom is 0.277 e. The molecule has 1 amide bonds. The van der Waals surface area contributed by atoms with Gasteiger partial charge < -0.3 is 14.1 Å². The van der Waals surface area contributed by atoms with Gasteiger partial charge in [-0.05, 0) is 49.7 Å². The molecule has 0 N–H and O–H groups in total. The molecular weight excluding hydrogens is 436 g/mol. The predicted molar refractivity (Wildman–Crippen MR) is 119 cm³/mol. The van der Waals surface area contributed by atoms with Gasteiger partial charge in [0.05, 0.1) is 18.2 Å². The lowest BCUT2D eigenvalue weighted by atomic mass is 10.2. The third-order valence-corrected chi connectivity index (χ3v) is 5.58. The van der Waals surface area contributed by atoms with Crippen LogP contribution in [0.4, 0.5) is 5.69 Å². The summed E-state index contributed by atoms with van der Waals surface area (Å²) in [5.74, 6) is 0.954. The van der Waals surface area contributed by atoms with Gasteiger partial charge >= 0.3 is 0 Å². The molecule has 1 aromatic heterocycles.